The minimum atomic E-state index is 0.0610. The van der Waals surface area contributed by atoms with E-state index in [4.69, 9.17) is 5.73 Å². The lowest BCUT2D eigenvalue weighted by molar-refractivity contribution is -0.115. The third-order valence-corrected chi connectivity index (χ3v) is 2.10. The molecule has 0 spiro atoms. The van der Waals surface area contributed by atoms with E-state index in [0.29, 0.717) is 13.0 Å². The third kappa shape index (κ3) is 0.987. The average molecular weight is 162 g/mol. The number of rotatable bonds is 1. The maximum absolute atomic E-state index is 11.0. The topological polar surface area (TPSA) is 55.1 Å². The first-order valence-electron chi connectivity index (χ1n) is 3.92. The number of carbonyl (C=O) groups is 1. The van der Waals surface area contributed by atoms with E-state index in [1.165, 1.54) is 0 Å². The van der Waals surface area contributed by atoms with E-state index in [2.05, 4.69) is 5.32 Å². The van der Waals surface area contributed by atoms with Gasteiger partial charge in [0.15, 0.2) is 0 Å². The Morgan fingerprint density at radius 3 is 3.08 bits per heavy atom. The van der Waals surface area contributed by atoms with E-state index < -0.39 is 0 Å². The van der Waals surface area contributed by atoms with Gasteiger partial charge in [0, 0.05) is 12.2 Å². The summed E-state index contributed by atoms with van der Waals surface area (Å²) >= 11 is 0. The Morgan fingerprint density at radius 1 is 1.50 bits per heavy atom. The number of hydrogen-bond acceptors (Lipinski definition) is 2. The predicted octanol–water partition coefficient (Wildman–Crippen LogP) is 0.640. The maximum Gasteiger partial charge on any atom is 0.228 e. The molecule has 0 saturated heterocycles. The van der Waals surface area contributed by atoms with Crippen LogP contribution in [0.3, 0.4) is 0 Å². The van der Waals surface area contributed by atoms with Gasteiger partial charge in [0.05, 0.1) is 6.42 Å². The molecule has 3 N–H and O–H groups in total. The monoisotopic (exact) mass is 162 g/mol. The second-order valence-corrected chi connectivity index (χ2v) is 2.87. The summed E-state index contributed by atoms with van der Waals surface area (Å²) in [5.41, 5.74) is 8.57. The summed E-state index contributed by atoms with van der Waals surface area (Å²) in [4.78, 5) is 11.0. The Hall–Kier alpha value is -1.35. The molecule has 1 aliphatic heterocycles. The van der Waals surface area contributed by atoms with E-state index in [9.17, 15) is 4.79 Å². The van der Waals surface area contributed by atoms with Crippen LogP contribution in [0.4, 0.5) is 5.69 Å². The summed E-state index contributed by atoms with van der Waals surface area (Å²) in [5.74, 6) is 0.0610. The molecule has 3 heteroatoms. The van der Waals surface area contributed by atoms with E-state index in [-0.39, 0.29) is 5.91 Å². The second kappa shape index (κ2) is 2.60. The summed E-state index contributed by atoms with van der Waals surface area (Å²) in [6.45, 7) is 0.498. The Kier molecular flexibility index (Phi) is 1.59. The normalized spacial score (nSPS) is 14.2. The smallest absolute Gasteiger partial charge is 0.228 e. The Labute approximate surface area is 70.6 Å². The molecule has 3 nitrogen and oxygen atoms in total. The van der Waals surface area contributed by atoms with Gasteiger partial charge in [-0.05, 0) is 17.2 Å². The summed E-state index contributed by atoms with van der Waals surface area (Å²) < 4.78 is 0. The standard InChI is InChI=1S/C9H10N2O/c10-5-6-2-1-3-8-7(6)4-9(12)11-8/h1-3H,4-5,10H2,(H,11,12). The van der Waals surface area contributed by atoms with Gasteiger partial charge in [0.25, 0.3) is 0 Å². The van der Waals surface area contributed by atoms with Crippen LogP contribution in [-0.2, 0) is 17.8 Å². The van der Waals surface area contributed by atoms with Crippen molar-refractivity contribution in [1.82, 2.24) is 0 Å². The molecule has 1 heterocycles. The van der Waals surface area contributed by atoms with Gasteiger partial charge >= 0.3 is 0 Å². The molecule has 1 aromatic rings. The molecule has 0 unspecified atom stereocenters. The first-order valence-corrected chi connectivity index (χ1v) is 3.92. The Balaban J connectivity index is 2.51. The van der Waals surface area contributed by atoms with Crippen LogP contribution in [0, 0.1) is 0 Å². The second-order valence-electron chi connectivity index (χ2n) is 2.87. The van der Waals surface area contributed by atoms with Gasteiger partial charge in [-0.1, -0.05) is 12.1 Å². The van der Waals surface area contributed by atoms with Crippen molar-refractivity contribution in [3.8, 4) is 0 Å². The number of carbonyl (C=O) groups excluding carboxylic acids is 1. The summed E-state index contributed by atoms with van der Waals surface area (Å²) in [7, 11) is 0. The van der Waals surface area contributed by atoms with Crippen molar-refractivity contribution in [2.75, 3.05) is 5.32 Å². The highest BCUT2D eigenvalue weighted by molar-refractivity contribution is 5.99. The molecule has 1 amide bonds. The SMILES string of the molecule is NCc1cccc2c1CC(=O)N2. The largest absolute Gasteiger partial charge is 0.326 e. The van der Waals surface area contributed by atoms with Crippen LogP contribution in [0.15, 0.2) is 18.2 Å². The van der Waals surface area contributed by atoms with E-state index in [0.717, 1.165) is 16.8 Å². The molecular formula is C9H10N2O. The van der Waals surface area contributed by atoms with Crippen LogP contribution in [0.2, 0.25) is 0 Å². The highest BCUT2D eigenvalue weighted by Crippen LogP contribution is 2.25. The molecule has 2 rings (SSSR count). The molecule has 0 fully saturated rings. The van der Waals surface area contributed by atoms with E-state index in [1.807, 2.05) is 18.2 Å². The maximum atomic E-state index is 11.0. The van der Waals surface area contributed by atoms with Crippen molar-refractivity contribution in [2.45, 2.75) is 13.0 Å². The van der Waals surface area contributed by atoms with Gasteiger partial charge in [0.1, 0.15) is 0 Å². The number of nitrogens with one attached hydrogen (secondary N) is 1. The van der Waals surface area contributed by atoms with Crippen molar-refractivity contribution in [3.05, 3.63) is 29.3 Å². The molecule has 0 saturated carbocycles. The highest BCUT2D eigenvalue weighted by Gasteiger charge is 2.19. The van der Waals surface area contributed by atoms with Crippen LogP contribution >= 0.6 is 0 Å². The molecule has 0 aromatic heterocycles. The Bertz CT molecular complexity index is 333. The van der Waals surface area contributed by atoms with Crippen LogP contribution in [0.5, 0.6) is 0 Å². The van der Waals surface area contributed by atoms with Gasteiger partial charge in [0.2, 0.25) is 5.91 Å². The van der Waals surface area contributed by atoms with Gasteiger partial charge in [-0.25, -0.2) is 0 Å². The average Bonchev–Trinajstić information content (AvgIpc) is 2.44. The number of hydrogen-bond donors (Lipinski definition) is 2. The number of benzene rings is 1. The Morgan fingerprint density at radius 2 is 2.33 bits per heavy atom. The first-order chi connectivity index (χ1) is 5.81. The zero-order chi connectivity index (χ0) is 8.55. The quantitative estimate of drug-likeness (QED) is 0.636. The zero-order valence-electron chi connectivity index (χ0n) is 6.63. The lowest BCUT2D eigenvalue weighted by Gasteiger charge is -2.02. The van der Waals surface area contributed by atoms with Crippen molar-refractivity contribution < 1.29 is 4.79 Å². The van der Waals surface area contributed by atoms with Crippen molar-refractivity contribution >= 4 is 11.6 Å². The number of anilines is 1. The summed E-state index contributed by atoms with van der Waals surface area (Å²) in [6, 6.07) is 5.77. The molecule has 0 atom stereocenters. The number of amides is 1. The molecule has 12 heavy (non-hydrogen) atoms. The molecule has 0 bridgehead atoms. The fraction of sp³-hybridized carbons (Fsp3) is 0.222. The van der Waals surface area contributed by atoms with E-state index in [1.54, 1.807) is 0 Å². The molecular weight excluding hydrogens is 152 g/mol. The highest BCUT2D eigenvalue weighted by atomic mass is 16.1. The lowest BCUT2D eigenvalue weighted by Crippen LogP contribution is -2.04. The molecule has 1 aromatic carbocycles. The number of fused-ring (bicyclic) bond motifs is 1. The van der Waals surface area contributed by atoms with Crippen molar-refractivity contribution in [1.29, 1.82) is 0 Å². The van der Waals surface area contributed by atoms with Crippen LogP contribution < -0.4 is 11.1 Å². The van der Waals surface area contributed by atoms with Crippen molar-refractivity contribution in [3.63, 3.8) is 0 Å². The van der Waals surface area contributed by atoms with E-state index >= 15 is 0 Å². The first kappa shape index (κ1) is 7.31. The van der Waals surface area contributed by atoms with Crippen LogP contribution in [0.1, 0.15) is 11.1 Å². The lowest BCUT2D eigenvalue weighted by atomic mass is 10.1. The third-order valence-electron chi connectivity index (χ3n) is 2.10. The predicted molar refractivity (Wildman–Crippen MR) is 46.7 cm³/mol. The molecule has 62 valence electrons. The fourth-order valence-electron chi connectivity index (χ4n) is 1.51. The minimum absolute atomic E-state index is 0.0610. The number of nitrogens with two attached hydrogens (primary N) is 1. The van der Waals surface area contributed by atoms with Gasteiger partial charge in [-0.15, -0.1) is 0 Å². The fourth-order valence-corrected chi connectivity index (χ4v) is 1.51. The van der Waals surface area contributed by atoms with Crippen LogP contribution in [0.25, 0.3) is 0 Å². The van der Waals surface area contributed by atoms with Crippen molar-refractivity contribution in [2.24, 2.45) is 5.73 Å². The zero-order valence-corrected chi connectivity index (χ0v) is 6.63. The summed E-state index contributed by atoms with van der Waals surface area (Å²) in [5, 5.41) is 2.78. The van der Waals surface area contributed by atoms with Gasteiger partial charge < -0.3 is 11.1 Å². The summed E-state index contributed by atoms with van der Waals surface area (Å²) in [6.07, 6.45) is 0.475. The minimum Gasteiger partial charge on any atom is -0.326 e. The molecule has 1 aliphatic rings. The van der Waals surface area contributed by atoms with Gasteiger partial charge in [-0.2, -0.15) is 0 Å². The van der Waals surface area contributed by atoms with Gasteiger partial charge in [-0.3, -0.25) is 4.79 Å². The molecule has 0 aliphatic carbocycles. The van der Waals surface area contributed by atoms with Crippen LogP contribution in [-0.4, -0.2) is 5.91 Å². The molecule has 0 radical (unpaired) electrons.